The van der Waals surface area contributed by atoms with Crippen LogP contribution >= 0.6 is 0 Å². The largest absolute Gasteiger partial charge is 0.457 e. The molecule has 2 aliphatic heterocycles. The molecule has 2 aromatic rings. The molecular weight excluding hydrogens is 300 g/mol. The number of hydrogen-bond donors (Lipinski definition) is 2. The maximum absolute atomic E-state index is 12.4. The Balaban J connectivity index is 1.36. The standard InChI is InChI=1S/C20H22N2O2/c23-20(22-17-12-15-8-9-16(13-17)21-15)14-6-10-19(11-7-14)24-18-4-2-1-3-5-18/h1-7,10-11,15-17,21H,8-9,12-13H2,(H,22,23). The van der Waals surface area contributed by atoms with Crippen LogP contribution in [0.25, 0.3) is 0 Å². The Kier molecular flexibility index (Phi) is 4.22. The quantitative estimate of drug-likeness (QED) is 0.906. The van der Waals surface area contributed by atoms with Gasteiger partial charge in [-0.1, -0.05) is 18.2 Å². The Labute approximate surface area is 142 Å². The number of para-hydroxylation sites is 1. The fraction of sp³-hybridized carbons (Fsp3) is 0.350. The second-order valence-electron chi connectivity index (χ2n) is 6.72. The molecule has 4 rings (SSSR count). The molecule has 24 heavy (non-hydrogen) atoms. The van der Waals surface area contributed by atoms with Crippen LogP contribution in [0.4, 0.5) is 0 Å². The van der Waals surface area contributed by atoms with Crippen LogP contribution in [0.5, 0.6) is 11.5 Å². The van der Waals surface area contributed by atoms with Gasteiger partial charge in [-0.25, -0.2) is 0 Å². The van der Waals surface area contributed by atoms with Crippen molar-refractivity contribution in [1.82, 2.24) is 10.6 Å². The summed E-state index contributed by atoms with van der Waals surface area (Å²) in [6.07, 6.45) is 4.56. The molecule has 2 atom stereocenters. The van der Waals surface area contributed by atoms with Crippen molar-refractivity contribution >= 4 is 5.91 Å². The number of nitrogens with one attached hydrogen (secondary N) is 2. The van der Waals surface area contributed by atoms with Crippen molar-refractivity contribution in [2.75, 3.05) is 0 Å². The molecule has 2 unspecified atom stereocenters. The van der Waals surface area contributed by atoms with Gasteiger partial charge in [0.2, 0.25) is 0 Å². The molecule has 2 saturated heterocycles. The van der Waals surface area contributed by atoms with E-state index >= 15 is 0 Å². The molecule has 0 aliphatic carbocycles. The second kappa shape index (κ2) is 6.65. The third-order valence-corrected chi connectivity index (χ3v) is 4.90. The molecule has 2 N–H and O–H groups in total. The summed E-state index contributed by atoms with van der Waals surface area (Å²) in [4.78, 5) is 12.4. The molecule has 2 bridgehead atoms. The molecular formula is C20H22N2O2. The van der Waals surface area contributed by atoms with Crippen LogP contribution in [-0.2, 0) is 0 Å². The third kappa shape index (κ3) is 3.44. The Morgan fingerprint density at radius 3 is 2.21 bits per heavy atom. The average molecular weight is 322 g/mol. The van der Waals surface area contributed by atoms with Crippen LogP contribution in [0, 0.1) is 0 Å². The van der Waals surface area contributed by atoms with E-state index in [2.05, 4.69) is 10.6 Å². The molecule has 2 aliphatic rings. The van der Waals surface area contributed by atoms with Crippen molar-refractivity contribution in [2.24, 2.45) is 0 Å². The highest BCUT2D eigenvalue weighted by Crippen LogP contribution is 2.27. The van der Waals surface area contributed by atoms with Gasteiger partial charge in [-0.05, 0) is 62.1 Å². The number of rotatable bonds is 4. The number of amides is 1. The van der Waals surface area contributed by atoms with Gasteiger partial charge >= 0.3 is 0 Å². The van der Waals surface area contributed by atoms with Gasteiger partial charge in [0.15, 0.2) is 0 Å². The van der Waals surface area contributed by atoms with Crippen LogP contribution in [0.15, 0.2) is 54.6 Å². The average Bonchev–Trinajstić information content (AvgIpc) is 2.95. The zero-order chi connectivity index (χ0) is 16.4. The van der Waals surface area contributed by atoms with Gasteiger partial charge in [0, 0.05) is 23.7 Å². The molecule has 124 valence electrons. The SMILES string of the molecule is O=C(NC1CC2CCC(C1)N2)c1ccc(Oc2ccccc2)cc1. The van der Waals surface area contributed by atoms with E-state index in [-0.39, 0.29) is 11.9 Å². The monoisotopic (exact) mass is 322 g/mol. The Hall–Kier alpha value is -2.33. The molecule has 4 heteroatoms. The summed E-state index contributed by atoms with van der Waals surface area (Å²) in [5.74, 6) is 1.53. The second-order valence-corrected chi connectivity index (χ2v) is 6.72. The van der Waals surface area contributed by atoms with E-state index in [0.717, 1.165) is 24.3 Å². The van der Waals surface area contributed by atoms with E-state index < -0.39 is 0 Å². The van der Waals surface area contributed by atoms with E-state index in [4.69, 9.17) is 4.74 Å². The van der Waals surface area contributed by atoms with Gasteiger partial charge in [0.25, 0.3) is 5.91 Å². The first-order valence-corrected chi connectivity index (χ1v) is 8.66. The fourth-order valence-electron chi connectivity index (χ4n) is 3.74. The van der Waals surface area contributed by atoms with Crippen molar-refractivity contribution in [2.45, 2.75) is 43.8 Å². The molecule has 0 radical (unpaired) electrons. The van der Waals surface area contributed by atoms with E-state index in [1.807, 2.05) is 54.6 Å². The lowest BCUT2D eigenvalue weighted by Gasteiger charge is -2.29. The summed E-state index contributed by atoms with van der Waals surface area (Å²) in [7, 11) is 0. The summed E-state index contributed by atoms with van der Waals surface area (Å²) in [5.41, 5.74) is 0.682. The first-order chi connectivity index (χ1) is 11.8. The minimum atomic E-state index is 0.00700. The number of hydrogen-bond acceptors (Lipinski definition) is 3. The maximum atomic E-state index is 12.4. The first-order valence-electron chi connectivity index (χ1n) is 8.66. The fourth-order valence-corrected chi connectivity index (χ4v) is 3.74. The van der Waals surface area contributed by atoms with Crippen LogP contribution in [0.2, 0.25) is 0 Å². The summed E-state index contributed by atoms with van der Waals surface area (Å²) in [6, 6.07) is 18.4. The minimum absolute atomic E-state index is 0.00700. The summed E-state index contributed by atoms with van der Waals surface area (Å²) >= 11 is 0. The van der Waals surface area contributed by atoms with Crippen LogP contribution in [-0.4, -0.2) is 24.0 Å². The van der Waals surface area contributed by atoms with Gasteiger partial charge in [0.1, 0.15) is 11.5 Å². The van der Waals surface area contributed by atoms with Gasteiger partial charge in [-0.2, -0.15) is 0 Å². The van der Waals surface area contributed by atoms with Crippen molar-refractivity contribution < 1.29 is 9.53 Å². The maximum Gasteiger partial charge on any atom is 0.251 e. The molecule has 2 aromatic carbocycles. The van der Waals surface area contributed by atoms with Crippen molar-refractivity contribution in [3.63, 3.8) is 0 Å². The Morgan fingerprint density at radius 1 is 0.917 bits per heavy atom. The highest BCUT2D eigenvalue weighted by atomic mass is 16.5. The highest BCUT2D eigenvalue weighted by molar-refractivity contribution is 5.94. The molecule has 2 heterocycles. The minimum Gasteiger partial charge on any atom is -0.457 e. The molecule has 0 spiro atoms. The van der Waals surface area contributed by atoms with Gasteiger partial charge < -0.3 is 15.4 Å². The highest BCUT2D eigenvalue weighted by Gasteiger charge is 2.34. The number of carbonyl (C=O) groups is 1. The summed E-state index contributed by atoms with van der Waals surface area (Å²) < 4.78 is 5.76. The van der Waals surface area contributed by atoms with E-state index in [1.54, 1.807) is 0 Å². The normalized spacial score (nSPS) is 25.2. The number of carbonyl (C=O) groups excluding carboxylic acids is 1. The van der Waals surface area contributed by atoms with Crippen LogP contribution in [0.1, 0.15) is 36.0 Å². The number of fused-ring (bicyclic) bond motifs is 2. The van der Waals surface area contributed by atoms with Crippen molar-refractivity contribution in [3.05, 3.63) is 60.2 Å². The molecule has 2 fully saturated rings. The van der Waals surface area contributed by atoms with E-state index in [1.165, 1.54) is 12.8 Å². The number of ether oxygens (including phenoxy) is 1. The first kappa shape index (κ1) is 15.2. The zero-order valence-corrected chi connectivity index (χ0v) is 13.6. The Bertz CT molecular complexity index is 687. The van der Waals surface area contributed by atoms with Crippen LogP contribution < -0.4 is 15.4 Å². The number of piperidine rings is 1. The Morgan fingerprint density at radius 2 is 1.54 bits per heavy atom. The molecule has 4 nitrogen and oxygen atoms in total. The van der Waals surface area contributed by atoms with Gasteiger partial charge in [-0.3, -0.25) is 4.79 Å². The smallest absolute Gasteiger partial charge is 0.251 e. The van der Waals surface area contributed by atoms with Gasteiger partial charge in [0.05, 0.1) is 0 Å². The topological polar surface area (TPSA) is 50.4 Å². The van der Waals surface area contributed by atoms with E-state index in [9.17, 15) is 4.79 Å². The summed E-state index contributed by atoms with van der Waals surface area (Å²) in [6.45, 7) is 0. The van der Waals surface area contributed by atoms with E-state index in [0.29, 0.717) is 17.6 Å². The predicted octanol–water partition coefficient (Wildman–Crippen LogP) is 3.49. The molecule has 0 saturated carbocycles. The third-order valence-electron chi connectivity index (χ3n) is 4.90. The summed E-state index contributed by atoms with van der Waals surface area (Å²) in [5, 5.41) is 6.78. The lowest BCUT2D eigenvalue weighted by atomic mass is 9.99. The lowest BCUT2D eigenvalue weighted by Crippen LogP contribution is -2.48. The molecule has 0 aromatic heterocycles. The van der Waals surface area contributed by atoms with Crippen molar-refractivity contribution in [1.29, 1.82) is 0 Å². The zero-order valence-electron chi connectivity index (χ0n) is 13.6. The lowest BCUT2D eigenvalue weighted by molar-refractivity contribution is 0.0924. The predicted molar refractivity (Wildman–Crippen MR) is 93.4 cm³/mol. The van der Waals surface area contributed by atoms with Crippen molar-refractivity contribution in [3.8, 4) is 11.5 Å². The molecule has 1 amide bonds. The number of benzene rings is 2. The van der Waals surface area contributed by atoms with Gasteiger partial charge in [-0.15, -0.1) is 0 Å². The van der Waals surface area contributed by atoms with Crippen LogP contribution in [0.3, 0.4) is 0 Å².